The number of carbonyl (C=O) groups is 1. The minimum atomic E-state index is 0.457. The molecule has 2 atom stereocenters. The summed E-state index contributed by atoms with van der Waals surface area (Å²) in [7, 11) is 0. The first-order valence-electron chi connectivity index (χ1n) is 6.02. The molecule has 2 bridgehead atoms. The van der Waals surface area contributed by atoms with Gasteiger partial charge in [-0.15, -0.1) is 0 Å². The van der Waals surface area contributed by atoms with E-state index in [0.717, 1.165) is 10.5 Å². The minimum Gasteiger partial charge on any atom is -0.299 e. The van der Waals surface area contributed by atoms with Crippen molar-refractivity contribution in [3.63, 3.8) is 0 Å². The summed E-state index contributed by atoms with van der Waals surface area (Å²) >= 11 is 2.16. The van der Waals surface area contributed by atoms with E-state index in [1.165, 1.54) is 44.9 Å². The highest BCUT2D eigenvalue weighted by molar-refractivity contribution is 8.00. The van der Waals surface area contributed by atoms with Gasteiger partial charge in [0.2, 0.25) is 0 Å². The van der Waals surface area contributed by atoms with Gasteiger partial charge in [-0.3, -0.25) is 4.79 Å². The highest BCUT2D eigenvalue weighted by Gasteiger charge is 2.40. The summed E-state index contributed by atoms with van der Waals surface area (Å²) in [6, 6.07) is 0. The van der Waals surface area contributed by atoms with Gasteiger partial charge in [0.05, 0.1) is 0 Å². The fourth-order valence-corrected chi connectivity index (χ4v) is 4.89. The van der Waals surface area contributed by atoms with Crippen LogP contribution in [0.4, 0.5) is 0 Å². The van der Waals surface area contributed by atoms with Crippen LogP contribution in [0.25, 0.3) is 0 Å². The molecule has 2 unspecified atom stereocenters. The second kappa shape index (κ2) is 3.55. The second-order valence-corrected chi connectivity index (χ2v) is 6.76. The third-order valence-electron chi connectivity index (χ3n) is 4.20. The molecule has 3 fully saturated rings. The first-order valence-corrected chi connectivity index (χ1v) is 6.96. The maximum Gasteiger partial charge on any atom is 0.139 e. The molecule has 0 N–H and O–H groups in total. The van der Waals surface area contributed by atoms with Crippen molar-refractivity contribution in [3.8, 4) is 0 Å². The molecule has 1 nitrogen and oxygen atoms in total. The highest BCUT2D eigenvalue weighted by atomic mass is 32.2. The van der Waals surface area contributed by atoms with Gasteiger partial charge in [0.15, 0.2) is 0 Å². The summed E-state index contributed by atoms with van der Waals surface area (Å²) in [5.41, 5.74) is 0. The third kappa shape index (κ3) is 1.52. The number of hydrogen-bond acceptors (Lipinski definition) is 2. The van der Waals surface area contributed by atoms with Crippen LogP contribution in [0.3, 0.4) is 0 Å². The topological polar surface area (TPSA) is 17.1 Å². The van der Waals surface area contributed by atoms with Crippen LogP contribution in [0.5, 0.6) is 0 Å². The zero-order valence-electron chi connectivity index (χ0n) is 8.58. The minimum absolute atomic E-state index is 0.457. The molecule has 1 aliphatic carbocycles. The SMILES string of the molecule is O=C(C1CCC1)C1CC2CCC(C1)S2. The number of ketones is 1. The van der Waals surface area contributed by atoms with Gasteiger partial charge in [-0.25, -0.2) is 0 Å². The molecule has 14 heavy (non-hydrogen) atoms. The Labute approximate surface area is 90.0 Å². The predicted molar refractivity (Wildman–Crippen MR) is 59.5 cm³/mol. The molecule has 2 heterocycles. The Morgan fingerprint density at radius 2 is 1.57 bits per heavy atom. The first kappa shape index (κ1) is 9.26. The number of hydrogen-bond donors (Lipinski definition) is 0. The quantitative estimate of drug-likeness (QED) is 0.697. The van der Waals surface area contributed by atoms with Crippen molar-refractivity contribution >= 4 is 17.5 Å². The third-order valence-corrected chi connectivity index (χ3v) is 5.83. The lowest BCUT2D eigenvalue weighted by atomic mass is 9.76. The summed E-state index contributed by atoms with van der Waals surface area (Å²) in [5.74, 6) is 1.56. The predicted octanol–water partition coefficient (Wildman–Crippen LogP) is 3.03. The Balaban J connectivity index is 1.64. The van der Waals surface area contributed by atoms with E-state index in [1.54, 1.807) is 0 Å². The van der Waals surface area contributed by atoms with Crippen LogP contribution in [0.2, 0.25) is 0 Å². The zero-order valence-corrected chi connectivity index (χ0v) is 9.39. The van der Waals surface area contributed by atoms with Crippen molar-refractivity contribution in [2.24, 2.45) is 11.8 Å². The Hall–Kier alpha value is 0.0200. The lowest BCUT2D eigenvalue weighted by Gasteiger charge is -2.32. The van der Waals surface area contributed by atoms with E-state index in [2.05, 4.69) is 11.8 Å². The van der Waals surface area contributed by atoms with Crippen LogP contribution in [-0.2, 0) is 4.79 Å². The summed E-state index contributed by atoms with van der Waals surface area (Å²) < 4.78 is 0. The maximum atomic E-state index is 12.1. The molecule has 0 aromatic carbocycles. The molecular weight excluding hydrogens is 192 g/mol. The van der Waals surface area contributed by atoms with E-state index in [9.17, 15) is 4.79 Å². The molecule has 0 spiro atoms. The molecule has 2 saturated heterocycles. The Morgan fingerprint density at radius 1 is 0.929 bits per heavy atom. The number of thioether (sulfide) groups is 1. The van der Waals surface area contributed by atoms with Crippen LogP contribution in [0, 0.1) is 11.8 Å². The van der Waals surface area contributed by atoms with Gasteiger partial charge in [0.1, 0.15) is 5.78 Å². The van der Waals surface area contributed by atoms with Gasteiger partial charge in [-0.2, -0.15) is 11.8 Å². The molecule has 3 rings (SSSR count). The van der Waals surface area contributed by atoms with Gasteiger partial charge in [0.25, 0.3) is 0 Å². The molecule has 2 aliphatic heterocycles. The lowest BCUT2D eigenvalue weighted by molar-refractivity contribution is -0.129. The van der Waals surface area contributed by atoms with E-state index in [1.807, 2.05) is 0 Å². The van der Waals surface area contributed by atoms with Crippen molar-refractivity contribution in [2.75, 3.05) is 0 Å². The Kier molecular flexibility index (Phi) is 2.35. The van der Waals surface area contributed by atoms with Crippen LogP contribution in [-0.4, -0.2) is 16.3 Å². The number of carbonyl (C=O) groups excluding carboxylic acids is 1. The fourth-order valence-electron chi connectivity index (χ4n) is 3.12. The largest absolute Gasteiger partial charge is 0.299 e. The molecule has 0 amide bonds. The van der Waals surface area contributed by atoms with Gasteiger partial charge in [-0.05, 0) is 38.5 Å². The summed E-state index contributed by atoms with van der Waals surface area (Å²) in [5, 5.41) is 1.67. The van der Waals surface area contributed by atoms with Crippen LogP contribution >= 0.6 is 11.8 Å². The van der Waals surface area contributed by atoms with E-state index < -0.39 is 0 Å². The lowest BCUT2D eigenvalue weighted by Crippen LogP contribution is -2.32. The van der Waals surface area contributed by atoms with Gasteiger partial charge >= 0.3 is 0 Å². The molecule has 1 saturated carbocycles. The van der Waals surface area contributed by atoms with Crippen molar-refractivity contribution in [1.29, 1.82) is 0 Å². The van der Waals surface area contributed by atoms with E-state index in [4.69, 9.17) is 0 Å². The van der Waals surface area contributed by atoms with Crippen LogP contribution in [0.1, 0.15) is 44.9 Å². The normalized spacial score (nSPS) is 42.1. The molecule has 0 aromatic rings. The number of Topliss-reactive ketones (excluding diaryl/α,β-unsaturated/α-hetero) is 1. The van der Waals surface area contributed by atoms with Crippen molar-refractivity contribution in [2.45, 2.75) is 55.4 Å². The summed E-state index contributed by atoms with van der Waals surface area (Å²) in [6.07, 6.45) is 8.85. The Bertz CT molecular complexity index is 235. The molecule has 0 radical (unpaired) electrons. The fraction of sp³-hybridized carbons (Fsp3) is 0.917. The van der Waals surface area contributed by atoms with Crippen molar-refractivity contribution in [3.05, 3.63) is 0 Å². The van der Waals surface area contributed by atoms with Gasteiger partial charge in [0, 0.05) is 22.3 Å². The highest BCUT2D eigenvalue weighted by Crippen LogP contribution is 2.47. The number of fused-ring (bicyclic) bond motifs is 2. The molecular formula is C12H18OS. The molecule has 3 aliphatic rings. The summed E-state index contributed by atoms with van der Waals surface area (Å²) in [6.45, 7) is 0. The molecule has 78 valence electrons. The first-order chi connectivity index (χ1) is 6.83. The standard InChI is InChI=1S/C12H18OS/c13-12(8-2-1-3-8)9-6-10-4-5-11(7-9)14-10/h8-11H,1-7H2. The molecule has 2 heteroatoms. The number of rotatable bonds is 2. The Morgan fingerprint density at radius 3 is 2.07 bits per heavy atom. The molecule has 0 aromatic heterocycles. The van der Waals surface area contributed by atoms with Gasteiger partial charge in [-0.1, -0.05) is 6.42 Å². The smallest absolute Gasteiger partial charge is 0.139 e. The second-order valence-electron chi connectivity index (χ2n) is 5.16. The van der Waals surface area contributed by atoms with E-state index in [-0.39, 0.29) is 0 Å². The van der Waals surface area contributed by atoms with E-state index in [0.29, 0.717) is 17.6 Å². The van der Waals surface area contributed by atoms with Gasteiger partial charge < -0.3 is 0 Å². The maximum absolute atomic E-state index is 12.1. The van der Waals surface area contributed by atoms with Crippen molar-refractivity contribution < 1.29 is 4.79 Å². The van der Waals surface area contributed by atoms with E-state index >= 15 is 0 Å². The average Bonchev–Trinajstić information content (AvgIpc) is 2.42. The van der Waals surface area contributed by atoms with Crippen LogP contribution in [0.15, 0.2) is 0 Å². The zero-order chi connectivity index (χ0) is 9.54. The van der Waals surface area contributed by atoms with Crippen LogP contribution < -0.4 is 0 Å². The summed E-state index contributed by atoms with van der Waals surface area (Å²) in [4.78, 5) is 12.1. The van der Waals surface area contributed by atoms with Crippen molar-refractivity contribution in [1.82, 2.24) is 0 Å². The average molecular weight is 210 g/mol. The monoisotopic (exact) mass is 210 g/mol.